The molecule has 1 saturated carbocycles. The Labute approximate surface area is 244 Å². The fourth-order valence-electron chi connectivity index (χ4n) is 5.15. The molecule has 1 atom stereocenters. The minimum atomic E-state index is -4.69. The number of amides is 2. The Morgan fingerprint density at radius 3 is 2.43 bits per heavy atom. The van der Waals surface area contributed by atoms with Crippen LogP contribution in [0.2, 0.25) is 0 Å². The highest BCUT2D eigenvalue weighted by Gasteiger charge is 2.36. The van der Waals surface area contributed by atoms with Crippen LogP contribution in [-0.4, -0.2) is 103 Å². The summed E-state index contributed by atoms with van der Waals surface area (Å²) >= 11 is 0. The van der Waals surface area contributed by atoms with Gasteiger partial charge in [-0.1, -0.05) is 0 Å². The SMILES string of the molecule is CN(C)CCNC(=O)[C@H]1CCC(=Nc2nc(Nc3ccc(C(=O)N(C)C4CCN(C)CC4)cc3)ncc2C(F)(F)F)C1. The minimum absolute atomic E-state index is 0.0548. The van der Waals surface area contributed by atoms with E-state index in [1.165, 1.54) is 0 Å². The number of halogens is 3. The number of benzene rings is 1. The van der Waals surface area contributed by atoms with Crippen LogP contribution in [-0.2, 0) is 11.0 Å². The normalized spacial score (nSPS) is 19.3. The zero-order chi connectivity index (χ0) is 30.4. The molecule has 1 aromatic heterocycles. The summed E-state index contributed by atoms with van der Waals surface area (Å²) in [6, 6.07) is 6.85. The van der Waals surface area contributed by atoms with Gasteiger partial charge in [-0.3, -0.25) is 9.59 Å². The van der Waals surface area contributed by atoms with Crippen LogP contribution in [0, 0.1) is 5.92 Å². The van der Waals surface area contributed by atoms with E-state index < -0.39 is 17.6 Å². The molecule has 0 unspecified atom stereocenters. The molecule has 1 aliphatic carbocycles. The number of likely N-dealkylation sites (tertiary alicyclic amines) is 1. The predicted octanol–water partition coefficient (Wildman–Crippen LogP) is 3.96. The number of nitrogens with one attached hydrogen (secondary N) is 2. The van der Waals surface area contributed by atoms with Gasteiger partial charge in [-0.05, 0) is 90.6 Å². The second-order valence-corrected chi connectivity index (χ2v) is 11.3. The molecule has 4 rings (SSSR count). The van der Waals surface area contributed by atoms with Gasteiger partial charge in [-0.25, -0.2) is 9.98 Å². The number of aliphatic imine (C=N–C) groups is 1. The average Bonchev–Trinajstić information content (AvgIpc) is 3.41. The summed E-state index contributed by atoms with van der Waals surface area (Å²) in [6.45, 7) is 3.08. The Hall–Kier alpha value is -3.58. The average molecular weight is 589 g/mol. The first-order valence-electron chi connectivity index (χ1n) is 14.2. The molecule has 0 radical (unpaired) electrons. The van der Waals surface area contributed by atoms with Gasteiger partial charge in [0.1, 0.15) is 5.56 Å². The molecule has 1 aliphatic heterocycles. The van der Waals surface area contributed by atoms with E-state index in [0.717, 1.165) is 25.9 Å². The predicted molar refractivity (Wildman–Crippen MR) is 155 cm³/mol. The maximum Gasteiger partial charge on any atom is 0.421 e. The zero-order valence-electron chi connectivity index (χ0n) is 24.5. The third kappa shape index (κ3) is 8.25. The van der Waals surface area contributed by atoms with Crippen LogP contribution >= 0.6 is 0 Å². The van der Waals surface area contributed by atoms with E-state index in [4.69, 9.17) is 0 Å². The lowest BCUT2D eigenvalue weighted by molar-refractivity contribution is -0.137. The fraction of sp³-hybridized carbons (Fsp3) is 0.552. The second-order valence-electron chi connectivity index (χ2n) is 11.3. The molecule has 228 valence electrons. The lowest BCUT2D eigenvalue weighted by Crippen LogP contribution is -2.44. The molecular weight excluding hydrogens is 549 g/mol. The topological polar surface area (TPSA) is 106 Å². The quantitative estimate of drug-likeness (QED) is 0.457. The van der Waals surface area contributed by atoms with E-state index in [2.05, 4.69) is 37.5 Å². The lowest BCUT2D eigenvalue weighted by atomic mass is 10.0. The number of carbonyl (C=O) groups excluding carboxylic acids is 2. The molecule has 2 aromatic rings. The summed E-state index contributed by atoms with van der Waals surface area (Å²) in [5.41, 5.74) is 0.484. The first-order valence-corrected chi connectivity index (χ1v) is 14.2. The first kappa shape index (κ1) is 31.4. The molecule has 13 heteroatoms. The smallest absolute Gasteiger partial charge is 0.355 e. The highest BCUT2D eigenvalue weighted by Crippen LogP contribution is 2.37. The lowest BCUT2D eigenvalue weighted by Gasteiger charge is -2.35. The minimum Gasteiger partial charge on any atom is -0.355 e. The highest BCUT2D eigenvalue weighted by molar-refractivity contribution is 5.95. The van der Waals surface area contributed by atoms with E-state index in [9.17, 15) is 22.8 Å². The molecule has 42 heavy (non-hydrogen) atoms. The maximum atomic E-state index is 13.8. The Kier molecular flexibility index (Phi) is 10.2. The number of likely N-dealkylation sites (N-methyl/N-ethyl adjacent to an activating group) is 1. The number of carbonyl (C=O) groups is 2. The summed E-state index contributed by atoms with van der Waals surface area (Å²) in [5, 5.41) is 5.78. The van der Waals surface area contributed by atoms with Crippen LogP contribution in [0.25, 0.3) is 0 Å². The molecule has 2 heterocycles. The van der Waals surface area contributed by atoms with E-state index in [1.807, 2.05) is 26.0 Å². The summed E-state index contributed by atoms with van der Waals surface area (Å²) in [5.74, 6) is -1.08. The van der Waals surface area contributed by atoms with Gasteiger partial charge in [0.2, 0.25) is 11.9 Å². The molecule has 2 aliphatic rings. The standard InChI is InChI=1S/C29H39F3N8O2/c1-38(2)16-13-33-26(41)20-7-10-22(17-20)35-25-24(29(30,31)32)18-34-28(37-25)36-21-8-5-19(6-9-21)27(42)40(4)23-11-14-39(3)15-12-23/h5-6,8-9,18,20,23H,7,10-17H2,1-4H3,(H,33,41)(H,34,36,37)/t20-/m0/s1. The van der Waals surface area contributed by atoms with Crippen LogP contribution in [0.15, 0.2) is 35.5 Å². The molecule has 1 saturated heterocycles. The summed E-state index contributed by atoms with van der Waals surface area (Å²) in [7, 11) is 7.69. The van der Waals surface area contributed by atoms with E-state index >= 15 is 0 Å². The number of nitrogens with zero attached hydrogens (tertiary/aromatic N) is 6. The molecule has 1 aromatic carbocycles. The van der Waals surface area contributed by atoms with Crippen LogP contribution in [0.5, 0.6) is 0 Å². The van der Waals surface area contributed by atoms with Gasteiger partial charge in [0.15, 0.2) is 5.82 Å². The summed E-state index contributed by atoms with van der Waals surface area (Å²) in [4.78, 5) is 43.6. The van der Waals surface area contributed by atoms with Gasteiger partial charge in [0.25, 0.3) is 5.91 Å². The van der Waals surface area contributed by atoms with Crippen molar-refractivity contribution in [3.05, 3.63) is 41.6 Å². The van der Waals surface area contributed by atoms with E-state index in [1.54, 1.807) is 29.2 Å². The molecule has 2 fully saturated rings. The van der Waals surface area contributed by atoms with Crippen LogP contribution in [0.4, 0.5) is 30.6 Å². The van der Waals surface area contributed by atoms with Gasteiger partial charge in [-0.2, -0.15) is 18.2 Å². The molecule has 10 nitrogen and oxygen atoms in total. The molecule has 2 amide bonds. The number of aromatic nitrogens is 2. The van der Waals surface area contributed by atoms with Crippen molar-refractivity contribution < 1.29 is 22.8 Å². The van der Waals surface area contributed by atoms with Gasteiger partial charge >= 0.3 is 6.18 Å². The Balaban J connectivity index is 1.44. The number of hydrogen-bond acceptors (Lipinski definition) is 8. The maximum absolute atomic E-state index is 13.8. The van der Waals surface area contributed by atoms with Crippen LogP contribution in [0.3, 0.4) is 0 Å². The highest BCUT2D eigenvalue weighted by atomic mass is 19.4. The molecule has 2 N–H and O–H groups in total. The summed E-state index contributed by atoms with van der Waals surface area (Å²) in [6.07, 6.45) is -0.939. The van der Waals surface area contributed by atoms with Gasteiger partial charge < -0.3 is 25.3 Å². The van der Waals surface area contributed by atoms with Crippen molar-refractivity contribution in [1.82, 2.24) is 30.0 Å². The first-order chi connectivity index (χ1) is 19.9. The Morgan fingerprint density at radius 1 is 1.10 bits per heavy atom. The second kappa shape index (κ2) is 13.6. The van der Waals surface area contributed by atoms with Gasteiger partial charge in [-0.15, -0.1) is 0 Å². The largest absolute Gasteiger partial charge is 0.421 e. The van der Waals surface area contributed by atoms with Crippen molar-refractivity contribution in [2.24, 2.45) is 10.9 Å². The monoisotopic (exact) mass is 588 g/mol. The number of alkyl halides is 3. The zero-order valence-corrected chi connectivity index (χ0v) is 24.5. The van der Waals surface area contributed by atoms with Crippen molar-refractivity contribution >= 4 is 35.0 Å². The molecule has 0 spiro atoms. The Bertz CT molecular complexity index is 1270. The van der Waals surface area contributed by atoms with Crippen molar-refractivity contribution in [3.63, 3.8) is 0 Å². The Morgan fingerprint density at radius 2 is 1.79 bits per heavy atom. The van der Waals surface area contributed by atoms with Gasteiger partial charge in [0, 0.05) is 55.3 Å². The third-order valence-corrected chi connectivity index (χ3v) is 7.77. The van der Waals surface area contributed by atoms with Crippen molar-refractivity contribution in [2.75, 3.05) is 59.7 Å². The van der Waals surface area contributed by atoms with Crippen molar-refractivity contribution in [2.45, 2.75) is 44.3 Å². The molecular formula is C29H39F3N8O2. The van der Waals surface area contributed by atoms with E-state index in [-0.39, 0.29) is 36.1 Å². The van der Waals surface area contributed by atoms with Crippen LogP contribution in [0.1, 0.15) is 48.0 Å². The number of piperidine rings is 1. The van der Waals surface area contributed by atoms with Crippen molar-refractivity contribution in [3.8, 4) is 0 Å². The third-order valence-electron chi connectivity index (χ3n) is 7.77. The number of anilines is 2. The van der Waals surface area contributed by atoms with Crippen molar-refractivity contribution in [1.29, 1.82) is 0 Å². The van der Waals surface area contributed by atoms with Gasteiger partial charge in [0.05, 0.1) is 0 Å². The number of hydrogen-bond donors (Lipinski definition) is 2. The summed E-state index contributed by atoms with van der Waals surface area (Å²) < 4.78 is 41.3. The molecule has 0 bridgehead atoms. The van der Waals surface area contributed by atoms with Crippen LogP contribution < -0.4 is 10.6 Å². The van der Waals surface area contributed by atoms with E-state index in [0.29, 0.717) is 49.1 Å². The number of rotatable bonds is 9. The fourth-order valence-corrected chi connectivity index (χ4v) is 5.15.